The summed E-state index contributed by atoms with van der Waals surface area (Å²) < 4.78 is 10.5. The molecule has 0 N–H and O–H groups in total. The molecule has 5 rings (SSSR count). The van der Waals surface area contributed by atoms with Gasteiger partial charge in [-0.2, -0.15) is 9.08 Å². The minimum Gasteiger partial charge on any atom is -0.428 e. The number of pyridine rings is 1. The van der Waals surface area contributed by atoms with Crippen LogP contribution in [0.4, 0.5) is 0 Å². The molecule has 0 saturated carbocycles. The Morgan fingerprint density at radius 1 is 0.938 bits per heavy atom. The van der Waals surface area contributed by atoms with Crippen molar-refractivity contribution >= 4 is 27.6 Å². The number of hydrogen-bond acceptors (Lipinski definition) is 3. The lowest BCUT2D eigenvalue weighted by molar-refractivity contribution is -0.659. The van der Waals surface area contributed by atoms with Crippen molar-refractivity contribution in [2.24, 2.45) is 7.05 Å². The fraction of sp³-hybridized carbons (Fsp3) is 0.370. The van der Waals surface area contributed by atoms with Crippen LogP contribution in [0.5, 0.6) is 0 Å². The number of oxazole rings is 1. The van der Waals surface area contributed by atoms with Gasteiger partial charge >= 0.3 is 0 Å². The Morgan fingerprint density at radius 3 is 2.28 bits per heavy atom. The van der Waals surface area contributed by atoms with Gasteiger partial charge in [-0.3, -0.25) is 0 Å². The van der Waals surface area contributed by atoms with Gasteiger partial charge in [-0.15, -0.1) is 5.10 Å². The van der Waals surface area contributed by atoms with Crippen LogP contribution >= 0.6 is 0 Å². The van der Waals surface area contributed by atoms with Crippen LogP contribution in [0.15, 0.2) is 47.0 Å². The minimum atomic E-state index is -0.157. The van der Waals surface area contributed by atoms with Gasteiger partial charge in [-0.25, -0.2) is 0 Å². The van der Waals surface area contributed by atoms with Gasteiger partial charge in [0.1, 0.15) is 18.3 Å². The van der Waals surface area contributed by atoms with Gasteiger partial charge in [0.2, 0.25) is 11.3 Å². The Balaban J connectivity index is 1.91. The molecule has 5 nitrogen and oxygen atoms in total. The first-order chi connectivity index (χ1) is 15.0. The number of rotatable bonds is 1. The minimum absolute atomic E-state index is 0.00951. The van der Waals surface area contributed by atoms with E-state index in [4.69, 9.17) is 4.42 Å². The molecule has 0 fully saturated rings. The molecule has 3 heterocycles. The van der Waals surface area contributed by atoms with Gasteiger partial charge in [-0.1, -0.05) is 71.0 Å². The highest BCUT2D eigenvalue weighted by atomic mass is 16.4. The van der Waals surface area contributed by atoms with Gasteiger partial charge < -0.3 is 4.42 Å². The predicted octanol–water partition coefficient (Wildman–Crippen LogP) is 6.02. The summed E-state index contributed by atoms with van der Waals surface area (Å²) in [6.07, 6.45) is 2.08. The quantitative estimate of drug-likeness (QED) is 0.307. The van der Waals surface area contributed by atoms with E-state index in [0.29, 0.717) is 0 Å². The molecule has 32 heavy (non-hydrogen) atoms. The van der Waals surface area contributed by atoms with Gasteiger partial charge in [0.25, 0.3) is 5.69 Å². The monoisotopic (exact) mass is 427 g/mol. The third kappa shape index (κ3) is 2.94. The van der Waals surface area contributed by atoms with Crippen molar-refractivity contribution in [1.29, 1.82) is 0 Å². The van der Waals surface area contributed by atoms with Crippen molar-refractivity contribution in [2.45, 2.75) is 59.3 Å². The van der Waals surface area contributed by atoms with Crippen LogP contribution in [-0.4, -0.2) is 14.8 Å². The first-order valence-electron chi connectivity index (χ1n) is 11.2. The average molecular weight is 428 g/mol. The van der Waals surface area contributed by atoms with Crippen LogP contribution in [0.25, 0.3) is 38.8 Å². The Kier molecular flexibility index (Phi) is 4.29. The number of hydrogen-bond donors (Lipinski definition) is 0. The van der Waals surface area contributed by atoms with E-state index in [1.54, 1.807) is 0 Å². The molecule has 0 saturated heterocycles. The zero-order valence-corrected chi connectivity index (χ0v) is 20.2. The van der Waals surface area contributed by atoms with Crippen molar-refractivity contribution in [3.8, 4) is 11.3 Å². The maximum atomic E-state index is 6.53. The summed E-state index contributed by atoms with van der Waals surface area (Å²) in [5, 5.41) is 11.4. The van der Waals surface area contributed by atoms with Crippen molar-refractivity contribution in [2.75, 3.05) is 0 Å². The molecule has 0 unspecified atom stereocenters. The highest BCUT2D eigenvalue weighted by molar-refractivity contribution is 5.98. The molecule has 0 radical (unpaired) electrons. The molecule has 0 bridgehead atoms. The Labute approximate surface area is 188 Å². The molecule has 3 aromatic heterocycles. The average Bonchev–Trinajstić information content (AvgIpc) is 3.27. The topological polar surface area (TPSA) is 47.2 Å². The molecule has 0 aliphatic heterocycles. The first-order valence-corrected chi connectivity index (χ1v) is 11.2. The molecule has 0 aliphatic rings. The number of aromatic nitrogens is 4. The lowest BCUT2D eigenvalue weighted by Gasteiger charge is -2.23. The Hall–Kier alpha value is -3.21. The van der Waals surface area contributed by atoms with E-state index >= 15 is 0 Å². The molecule has 5 aromatic rings. The molecule has 0 amide bonds. The lowest BCUT2D eigenvalue weighted by Crippen LogP contribution is -2.31. The summed E-state index contributed by atoms with van der Waals surface area (Å²) in [4.78, 5) is 0. The van der Waals surface area contributed by atoms with Crippen molar-refractivity contribution < 1.29 is 8.98 Å². The van der Waals surface area contributed by atoms with E-state index in [-0.39, 0.29) is 10.8 Å². The summed E-state index contributed by atoms with van der Waals surface area (Å²) in [6.45, 7) is 15.4. The van der Waals surface area contributed by atoms with Crippen LogP contribution in [-0.2, 0) is 17.9 Å². The second-order valence-electron chi connectivity index (χ2n) is 10.9. The highest BCUT2D eigenvalue weighted by Gasteiger charge is 2.30. The molecule has 0 spiro atoms. The number of benzene rings is 2. The zero-order valence-electron chi connectivity index (χ0n) is 20.2. The second kappa shape index (κ2) is 6.64. The van der Waals surface area contributed by atoms with E-state index in [0.717, 1.165) is 28.2 Å². The van der Waals surface area contributed by atoms with E-state index in [9.17, 15) is 0 Å². The molecular formula is C27H31N4O+. The fourth-order valence-corrected chi connectivity index (χ4v) is 4.67. The molecule has 164 valence electrons. The molecule has 5 heteroatoms. The SMILES string of the molecule is Cc1c(-c2c3oc4c(C(C)(C)C)nnn4c3cc[n+]2C)cc(C(C)(C)C)c2ccccc12. The standard InChI is InChI=1S/C27H31N4O/c1-16-17-11-9-10-12-18(17)20(26(2,3)4)15-19(16)22-23-21(13-14-30(22)8)31-25(32-23)24(28-29-31)27(5,6)7/h9-15H,1-8H3/q+1. The fourth-order valence-electron chi connectivity index (χ4n) is 4.67. The molecule has 0 atom stereocenters. The summed E-state index contributed by atoms with van der Waals surface area (Å²) in [5.74, 6) is 0. The van der Waals surface area contributed by atoms with Crippen molar-refractivity contribution in [3.05, 3.63) is 59.4 Å². The van der Waals surface area contributed by atoms with Crippen LogP contribution < -0.4 is 4.57 Å². The highest BCUT2D eigenvalue weighted by Crippen LogP contribution is 2.39. The van der Waals surface area contributed by atoms with Gasteiger partial charge in [0.05, 0.1) is 5.56 Å². The first kappa shape index (κ1) is 20.7. The van der Waals surface area contributed by atoms with Crippen LogP contribution in [0.3, 0.4) is 0 Å². The molecule has 0 aliphatic carbocycles. The third-order valence-electron chi connectivity index (χ3n) is 6.40. The van der Waals surface area contributed by atoms with E-state index in [1.807, 2.05) is 4.52 Å². The summed E-state index contributed by atoms with van der Waals surface area (Å²) >= 11 is 0. The van der Waals surface area contributed by atoms with E-state index < -0.39 is 0 Å². The van der Waals surface area contributed by atoms with Gasteiger partial charge in [0.15, 0.2) is 6.20 Å². The summed E-state index contributed by atoms with van der Waals surface area (Å²) in [5.41, 5.74) is 8.03. The summed E-state index contributed by atoms with van der Waals surface area (Å²) in [6, 6.07) is 13.1. The van der Waals surface area contributed by atoms with Crippen LogP contribution in [0.1, 0.15) is 58.4 Å². The predicted molar refractivity (Wildman–Crippen MR) is 129 cm³/mol. The van der Waals surface area contributed by atoms with Crippen molar-refractivity contribution in [1.82, 2.24) is 14.8 Å². The number of fused-ring (bicyclic) bond motifs is 4. The Bertz CT molecular complexity index is 1510. The van der Waals surface area contributed by atoms with Gasteiger partial charge in [-0.05, 0) is 40.3 Å². The third-order valence-corrected chi connectivity index (χ3v) is 6.40. The number of aryl methyl sites for hydroxylation is 2. The zero-order chi connectivity index (χ0) is 23.0. The van der Waals surface area contributed by atoms with Crippen LogP contribution in [0.2, 0.25) is 0 Å². The lowest BCUT2D eigenvalue weighted by atomic mass is 9.80. The van der Waals surface area contributed by atoms with Gasteiger partial charge in [0, 0.05) is 11.5 Å². The molecule has 2 aromatic carbocycles. The maximum absolute atomic E-state index is 6.53. The van der Waals surface area contributed by atoms with Crippen LogP contribution in [0, 0.1) is 6.92 Å². The smallest absolute Gasteiger partial charge is 0.257 e. The van der Waals surface area contributed by atoms with E-state index in [2.05, 4.69) is 113 Å². The number of nitrogens with zero attached hydrogens (tertiary/aromatic N) is 4. The maximum Gasteiger partial charge on any atom is 0.257 e. The van der Waals surface area contributed by atoms with E-state index in [1.165, 1.54) is 27.5 Å². The largest absolute Gasteiger partial charge is 0.428 e. The second-order valence-corrected chi connectivity index (χ2v) is 10.9. The molecular weight excluding hydrogens is 396 g/mol. The normalized spacial score (nSPS) is 13.0. The van der Waals surface area contributed by atoms with Crippen molar-refractivity contribution in [3.63, 3.8) is 0 Å². The summed E-state index contributed by atoms with van der Waals surface area (Å²) in [7, 11) is 2.08. The Morgan fingerprint density at radius 2 is 1.62 bits per heavy atom.